The van der Waals surface area contributed by atoms with Crippen LogP contribution in [0.4, 0.5) is 11.5 Å². The summed E-state index contributed by atoms with van der Waals surface area (Å²) in [5.74, 6) is 1.72. The molecule has 1 unspecified atom stereocenters. The molecule has 1 atom stereocenters. The summed E-state index contributed by atoms with van der Waals surface area (Å²) in [6.45, 7) is 5.98. The van der Waals surface area contributed by atoms with E-state index in [1.165, 1.54) is 0 Å². The lowest BCUT2D eigenvalue weighted by Crippen LogP contribution is -2.17. The molecule has 0 aliphatic rings. The third-order valence-electron chi connectivity index (χ3n) is 2.21. The first-order valence-electron chi connectivity index (χ1n) is 5.03. The molecule has 0 bridgehead atoms. The van der Waals surface area contributed by atoms with Gasteiger partial charge in [0.15, 0.2) is 5.82 Å². The molecule has 15 heavy (non-hydrogen) atoms. The Kier molecular flexibility index (Phi) is 3.71. The van der Waals surface area contributed by atoms with Gasteiger partial charge in [0.1, 0.15) is 11.5 Å². The zero-order valence-electron chi connectivity index (χ0n) is 9.66. The minimum atomic E-state index is 0.325. The van der Waals surface area contributed by atoms with Gasteiger partial charge in [-0.2, -0.15) is 4.98 Å². The topological polar surface area (TPSA) is 73.1 Å². The minimum Gasteiger partial charge on any atom is -0.479 e. The molecule has 0 saturated heterocycles. The fourth-order valence-corrected chi connectivity index (χ4v) is 1.16. The van der Waals surface area contributed by atoms with E-state index in [2.05, 4.69) is 29.1 Å². The highest BCUT2D eigenvalue weighted by molar-refractivity contribution is 5.67. The summed E-state index contributed by atoms with van der Waals surface area (Å²) in [6.07, 6.45) is 1.00. The largest absolute Gasteiger partial charge is 0.479 e. The first kappa shape index (κ1) is 11.6. The number of nitrogens with one attached hydrogen (secondary N) is 1. The quantitative estimate of drug-likeness (QED) is 0.789. The molecular formula is C10H18N4O. The standard InChI is InChI=1S/C10H18N4O/c1-5-6(2)12-9-8(11)10(15-4)14-7(3)13-9/h6H,5,11H2,1-4H3,(H,12,13,14). The van der Waals surface area contributed by atoms with Crippen LogP contribution in [0.15, 0.2) is 0 Å². The Morgan fingerprint density at radius 1 is 1.47 bits per heavy atom. The number of nitrogens with two attached hydrogens (primary N) is 1. The summed E-state index contributed by atoms with van der Waals surface area (Å²) in [5.41, 5.74) is 6.31. The van der Waals surface area contributed by atoms with Gasteiger partial charge >= 0.3 is 0 Å². The Hall–Kier alpha value is -1.52. The van der Waals surface area contributed by atoms with Crippen LogP contribution in [-0.2, 0) is 0 Å². The third-order valence-corrected chi connectivity index (χ3v) is 2.21. The molecule has 0 radical (unpaired) electrons. The SMILES string of the molecule is CCC(C)Nc1nc(C)nc(OC)c1N. The van der Waals surface area contributed by atoms with E-state index >= 15 is 0 Å². The number of hydrogen-bond donors (Lipinski definition) is 2. The molecule has 0 aliphatic heterocycles. The van der Waals surface area contributed by atoms with Crippen LogP contribution in [0.1, 0.15) is 26.1 Å². The number of nitrogens with zero attached hydrogens (tertiary/aromatic N) is 2. The number of anilines is 2. The number of rotatable bonds is 4. The van der Waals surface area contributed by atoms with Gasteiger partial charge in [0.25, 0.3) is 0 Å². The zero-order chi connectivity index (χ0) is 11.4. The van der Waals surface area contributed by atoms with Crippen molar-refractivity contribution in [2.24, 2.45) is 0 Å². The van der Waals surface area contributed by atoms with Crippen molar-refractivity contribution in [1.29, 1.82) is 0 Å². The second-order valence-corrected chi connectivity index (χ2v) is 3.50. The van der Waals surface area contributed by atoms with E-state index in [1.54, 1.807) is 7.11 Å². The first-order valence-corrected chi connectivity index (χ1v) is 5.03. The van der Waals surface area contributed by atoms with E-state index in [-0.39, 0.29) is 0 Å². The maximum Gasteiger partial charge on any atom is 0.242 e. The summed E-state index contributed by atoms with van der Waals surface area (Å²) in [7, 11) is 1.55. The zero-order valence-corrected chi connectivity index (χ0v) is 9.66. The second kappa shape index (κ2) is 4.82. The summed E-state index contributed by atoms with van der Waals surface area (Å²) < 4.78 is 5.07. The molecule has 1 rings (SSSR count). The van der Waals surface area contributed by atoms with Gasteiger partial charge in [0.2, 0.25) is 5.88 Å². The lowest BCUT2D eigenvalue weighted by atomic mass is 10.2. The highest BCUT2D eigenvalue weighted by atomic mass is 16.5. The van der Waals surface area contributed by atoms with Crippen LogP contribution in [0.2, 0.25) is 0 Å². The Balaban J connectivity index is 3.01. The maximum atomic E-state index is 5.85. The highest BCUT2D eigenvalue weighted by Crippen LogP contribution is 2.26. The maximum absolute atomic E-state index is 5.85. The monoisotopic (exact) mass is 210 g/mol. The van der Waals surface area contributed by atoms with Crippen molar-refractivity contribution in [2.45, 2.75) is 33.2 Å². The van der Waals surface area contributed by atoms with E-state index in [4.69, 9.17) is 10.5 Å². The van der Waals surface area contributed by atoms with Crippen molar-refractivity contribution in [1.82, 2.24) is 9.97 Å². The number of hydrogen-bond acceptors (Lipinski definition) is 5. The highest BCUT2D eigenvalue weighted by Gasteiger charge is 2.11. The molecular weight excluding hydrogens is 192 g/mol. The molecule has 0 aliphatic carbocycles. The Morgan fingerprint density at radius 2 is 2.13 bits per heavy atom. The van der Waals surface area contributed by atoms with Crippen molar-refractivity contribution >= 4 is 11.5 Å². The fraction of sp³-hybridized carbons (Fsp3) is 0.600. The van der Waals surface area contributed by atoms with Gasteiger partial charge in [0, 0.05) is 6.04 Å². The number of ether oxygens (including phenoxy) is 1. The molecule has 84 valence electrons. The molecule has 1 heterocycles. The summed E-state index contributed by atoms with van der Waals surface area (Å²) in [4.78, 5) is 8.33. The van der Waals surface area contributed by atoms with E-state index in [9.17, 15) is 0 Å². The molecule has 0 aromatic carbocycles. The van der Waals surface area contributed by atoms with E-state index in [0.717, 1.165) is 6.42 Å². The predicted octanol–water partition coefficient (Wildman–Crippen LogP) is 1.59. The lowest BCUT2D eigenvalue weighted by molar-refractivity contribution is 0.398. The van der Waals surface area contributed by atoms with Crippen molar-refractivity contribution in [3.63, 3.8) is 0 Å². The van der Waals surface area contributed by atoms with Gasteiger partial charge in [-0.25, -0.2) is 4.98 Å². The smallest absolute Gasteiger partial charge is 0.242 e. The van der Waals surface area contributed by atoms with Crippen LogP contribution in [0.5, 0.6) is 5.88 Å². The number of aryl methyl sites for hydroxylation is 1. The van der Waals surface area contributed by atoms with Gasteiger partial charge in [-0.05, 0) is 20.3 Å². The van der Waals surface area contributed by atoms with Crippen LogP contribution in [0.25, 0.3) is 0 Å². The Morgan fingerprint density at radius 3 is 2.67 bits per heavy atom. The van der Waals surface area contributed by atoms with Crippen LogP contribution in [0.3, 0.4) is 0 Å². The van der Waals surface area contributed by atoms with Crippen molar-refractivity contribution in [2.75, 3.05) is 18.2 Å². The second-order valence-electron chi connectivity index (χ2n) is 3.50. The average Bonchev–Trinajstić information content (AvgIpc) is 2.22. The number of aromatic nitrogens is 2. The van der Waals surface area contributed by atoms with Gasteiger partial charge in [-0.3, -0.25) is 0 Å². The molecule has 0 amide bonds. The predicted molar refractivity (Wildman–Crippen MR) is 61.1 cm³/mol. The number of nitrogen functional groups attached to an aromatic ring is 1. The molecule has 0 fully saturated rings. The van der Waals surface area contributed by atoms with Crippen molar-refractivity contribution in [3.8, 4) is 5.88 Å². The Bertz CT molecular complexity index is 340. The van der Waals surface area contributed by atoms with Crippen LogP contribution < -0.4 is 15.8 Å². The summed E-state index contributed by atoms with van der Waals surface area (Å²) in [6, 6.07) is 0.325. The summed E-state index contributed by atoms with van der Waals surface area (Å²) >= 11 is 0. The number of methoxy groups -OCH3 is 1. The lowest BCUT2D eigenvalue weighted by Gasteiger charge is -2.15. The van der Waals surface area contributed by atoms with Crippen molar-refractivity contribution in [3.05, 3.63) is 5.82 Å². The summed E-state index contributed by atoms with van der Waals surface area (Å²) in [5, 5.41) is 3.22. The fourth-order valence-electron chi connectivity index (χ4n) is 1.16. The molecule has 5 heteroatoms. The molecule has 1 aromatic heterocycles. The van der Waals surface area contributed by atoms with Crippen LogP contribution in [-0.4, -0.2) is 23.1 Å². The molecule has 0 saturated carbocycles. The Labute approximate surface area is 90.1 Å². The minimum absolute atomic E-state index is 0.325. The normalized spacial score (nSPS) is 12.3. The molecule has 5 nitrogen and oxygen atoms in total. The van der Waals surface area contributed by atoms with Gasteiger partial charge in [-0.1, -0.05) is 6.92 Å². The molecule has 1 aromatic rings. The van der Waals surface area contributed by atoms with E-state index in [0.29, 0.717) is 29.3 Å². The van der Waals surface area contributed by atoms with Crippen LogP contribution >= 0.6 is 0 Å². The average molecular weight is 210 g/mol. The van der Waals surface area contributed by atoms with Gasteiger partial charge < -0.3 is 15.8 Å². The van der Waals surface area contributed by atoms with Crippen molar-refractivity contribution < 1.29 is 4.74 Å². The third kappa shape index (κ3) is 2.71. The van der Waals surface area contributed by atoms with E-state index in [1.807, 2.05) is 6.92 Å². The van der Waals surface area contributed by atoms with Crippen LogP contribution in [0, 0.1) is 6.92 Å². The molecule has 3 N–H and O–H groups in total. The first-order chi connectivity index (χ1) is 7.08. The molecule has 0 spiro atoms. The van der Waals surface area contributed by atoms with Gasteiger partial charge in [-0.15, -0.1) is 0 Å². The van der Waals surface area contributed by atoms with E-state index < -0.39 is 0 Å². The van der Waals surface area contributed by atoms with Gasteiger partial charge in [0.05, 0.1) is 7.11 Å².